The second kappa shape index (κ2) is 11.9. The summed E-state index contributed by atoms with van der Waals surface area (Å²) in [6.45, 7) is 0.215. The molecule has 214 valence electrons. The Morgan fingerprint density at radius 2 is 1.98 bits per heavy atom. The number of carbonyl (C=O) groups is 1. The van der Waals surface area contributed by atoms with Crippen LogP contribution in [0.3, 0.4) is 0 Å². The first kappa shape index (κ1) is 28.8. The summed E-state index contributed by atoms with van der Waals surface area (Å²) in [5.41, 5.74) is 5.96. The molecule has 13 nitrogen and oxygen atoms in total. The van der Waals surface area contributed by atoms with Gasteiger partial charge in [-0.25, -0.2) is 9.59 Å². The lowest BCUT2D eigenvalue weighted by atomic mass is 10.0. The van der Waals surface area contributed by atoms with Gasteiger partial charge < -0.3 is 25.3 Å². The van der Waals surface area contributed by atoms with Gasteiger partial charge in [-0.1, -0.05) is 6.07 Å². The molecule has 2 aromatic carbocycles. The second-order valence-corrected chi connectivity index (χ2v) is 8.45. The van der Waals surface area contributed by atoms with Crippen molar-refractivity contribution >= 4 is 17.5 Å². The Hall–Kier alpha value is -5.25. The maximum absolute atomic E-state index is 12.9. The molecule has 0 spiro atoms. The van der Waals surface area contributed by atoms with Gasteiger partial charge >= 0.3 is 17.8 Å². The molecule has 0 fully saturated rings. The van der Waals surface area contributed by atoms with Gasteiger partial charge in [0, 0.05) is 25.1 Å². The van der Waals surface area contributed by atoms with E-state index in [9.17, 15) is 22.8 Å². The number of aromatic nitrogens is 5. The largest absolute Gasteiger partial charge is 0.497 e. The van der Waals surface area contributed by atoms with Gasteiger partial charge in [0.05, 0.1) is 19.3 Å². The number of nitrogens with one attached hydrogen (secondary N) is 3. The molecule has 0 saturated carbocycles. The van der Waals surface area contributed by atoms with Crippen LogP contribution in [0.5, 0.6) is 11.5 Å². The van der Waals surface area contributed by atoms with E-state index in [-0.39, 0.29) is 29.5 Å². The zero-order chi connectivity index (χ0) is 29.7. The molecule has 0 radical (unpaired) electrons. The topological polar surface area (TPSA) is 183 Å². The summed E-state index contributed by atoms with van der Waals surface area (Å²) in [5, 5.41) is 22.7. The van der Waals surface area contributed by atoms with Gasteiger partial charge in [-0.3, -0.25) is 10.4 Å². The van der Waals surface area contributed by atoms with Gasteiger partial charge in [-0.15, -0.1) is 10.2 Å². The predicted octanol–water partition coefficient (Wildman–Crippen LogP) is 2.46. The highest BCUT2D eigenvalue weighted by atomic mass is 19.4. The van der Waals surface area contributed by atoms with E-state index in [1.54, 1.807) is 24.3 Å². The minimum atomic E-state index is -5.29. The number of anilines is 1. The van der Waals surface area contributed by atoms with Gasteiger partial charge in [0.2, 0.25) is 0 Å². The number of alkyl halides is 3. The SMILES string of the molecule is COCc1cc(OC)cc([C@H](Nc2ccc(C(=N)N)c(OC(=O)C(F)(F)F)c2)c2nn(-c3cccnn3)c(=O)[nH]2)c1. The summed E-state index contributed by atoms with van der Waals surface area (Å²) in [6, 6.07) is 11.0. The molecule has 2 aromatic heterocycles. The number of methoxy groups -OCH3 is 2. The first-order valence-corrected chi connectivity index (χ1v) is 11.7. The maximum Gasteiger partial charge on any atom is 0.491 e. The van der Waals surface area contributed by atoms with E-state index in [0.29, 0.717) is 16.9 Å². The number of nitrogen functional groups attached to an aromatic ring is 1. The van der Waals surface area contributed by atoms with Crippen LogP contribution in [-0.4, -0.2) is 57.2 Å². The van der Waals surface area contributed by atoms with Crippen LogP contribution in [0.2, 0.25) is 0 Å². The van der Waals surface area contributed by atoms with Crippen LogP contribution in [0.15, 0.2) is 59.5 Å². The highest BCUT2D eigenvalue weighted by molar-refractivity contribution is 5.99. The smallest absolute Gasteiger partial charge is 0.491 e. The van der Waals surface area contributed by atoms with Crippen LogP contribution in [0.1, 0.15) is 28.6 Å². The standard InChI is InChI=1S/C25H23F3N8O5/c1-39-12-13-8-14(10-16(9-13)40-2)20(22-33-24(38)36(35-22)19-4-3-7-31-34-19)32-15-5-6-17(21(29)30)18(11-15)41-23(37)25(26,27)28/h3-11,20,32H,12H2,1-2H3,(H3,29,30)(H,33,35,38)/t20-/m0/s1. The lowest BCUT2D eigenvalue weighted by Gasteiger charge is -2.21. The van der Waals surface area contributed by atoms with Crippen molar-refractivity contribution in [2.24, 2.45) is 5.73 Å². The van der Waals surface area contributed by atoms with E-state index in [0.717, 1.165) is 10.7 Å². The number of aromatic amines is 1. The summed E-state index contributed by atoms with van der Waals surface area (Å²) in [5.74, 6) is -3.05. The lowest BCUT2D eigenvalue weighted by molar-refractivity contribution is -0.189. The van der Waals surface area contributed by atoms with Crippen LogP contribution in [0.25, 0.3) is 5.82 Å². The molecule has 4 rings (SSSR count). The fourth-order valence-electron chi connectivity index (χ4n) is 3.81. The first-order chi connectivity index (χ1) is 19.5. The molecule has 0 aliphatic heterocycles. The number of rotatable bonds is 10. The molecular weight excluding hydrogens is 549 g/mol. The Bertz CT molecular complexity index is 1620. The lowest BCUT2D eigenvalue weighted by Crippen LogP contribution is -2.29. The average molecular weight is 573 g/mol. The monoisotopic (exact) mass is 572 g/mol. The number of hydrogen-bond donors (Lipinski definition) is 4. The Morgan fingerprint density at radius 1 is 1.20 bits per heavy atom. The fourth-order valence-corrected chi connectivity index (χ4v) is 3.81. The Kier molecular flexibility index (Phi) is 8.32. The van der Waals surface area contributed by atoms with Crippen LogP contribution in [0.4, 0.5) is 18.9 Å². The van der Waals surface area contributed by atoms with Gasteiger partial charge in [-0.2, -0.15) is 23.0 Å². The van der Waals surface area contributed by atoms with Crippen molar-refractivity contribution in [3.63, 3.8) is 0 Å². The molecule has 0 aliphatic rings. The number of benzene rings is 2. The minimum absolute atomic E-state index is 0.0850. The summed E-state index contributed by atoms with van der Waals surface area (Å²) >= 11 is 0. The third-order valence-corrected chi connectivity index (χ3v) is 5.57. The molecule has 4 aromatic rings. The summed E-state index contributed by atoms with van der Waals surface area (Å²) in [6.07, 6.45) is -3.86. The molecule has 2 heterocycles. The van der Waals surface area contributed by atoms with Gasteiger partial charge in [0.15, 0.2) is 11.6 Å². The van der Waals surface area contributed by atoms with Crippen molar-refractivity contribution in [1.82, 2.24) is 25.0 Å². The van der Waals surface area contributed by atoms with Crippen molar-refractivity contribution in [2.45, 2.75) is 18.8 Å². The molecule has 1 atom stereocenters. The van der Waals surface area contributed by atoms with Crippen molar-refractivity contribution in [3.05, 3.63) is 87.7 Å². The zero-order valence-electron chi connectivity index (χ0n) is 21.5. The number of hydrogen-bond acceptors (Lipinski definition) is 10. The Labute approximate surface area is 229 Å². The molecule has 0 aliphatic carbocycles. The first-order valence-electron chi connectivity index (χ1n) is 11.7. The van der Waals surface area contributed by atoms with Gasteiger partial charge in [0.25, 0.3) is 0 Å². The van der Waals surface area contributed by atoms with E-state index in [4.69, 9.17) is 20.6 Å². The molecule has 0 amide bonds. The summed E-state index contributed by atoms with van der Waals surface area (Å²) in [4.78, 5) is 27.0. The number of H-pyrrole nitrogens is 1. The molecule has 0 saturated heterocycles. The molecule has 5 N–H and O–H groups in total. The Morgan fingerprint density at radius 3 is 2.61 bits per heavy atom. The third kappa shape index (κ3) is 6.67. The van der Waals surface area contributed by atoms with Crippen molar-refractivity contribution in [1.29, 1.82) is 5.41 Å². The predicted molar refractivity (Wildman–Crippen MR) is 138 cm³/mol. The number of carbonyl (C=O) groups excluding carboxylic acids is 1. The van der Waals surface area contributed by atoms with Crippen LogP contribution in [0, 0.1) is 5.41 Å². The summed E-state index contributed by atoms with van der Waals surface area (Å²) in [7, 11) is 2.97. The zero-order valence-corrected chi connectivity index (χ0v) is 21.5. The molecule has 0 bridgehead atoms. The van der Waals surface area contributed by atoms with Gasteiger partial charge in [-0.05, 0) is 47.5 Å². The quantitative estimate of drug-likeness (QED) is 0.0953. The van der Waals surface area contributed by atoms with E-state index in [1.807, 2.05) is 0 Å². The fraction of sp³-hybridized carbons (Fsp3) is 0.200. The number of esters is 1. The van der Waals surface area contributed by atoms with E-state index in [2.05, 4.69) is 30.3 Å². The van der Waals surface area contributed by atoms with Gasteiger partial charge in [0.1, 0.15) is 23.4 Å². The van der Waals surface area contributed by atoms with Crippen molar-refractivity contribution < 1.29 is 32.2 Å². The van der Waals surface area contributed by atoms with Crippen LogP contribution in [-0.2, 0) is 16.1 Å². The highest BCUT2D eigenvalue weighted by Gasteiger charge is 2.41. The second-order valence-electron chi connectivity index (χ2n) is 8.45. The third-order valence-electron chi connectivity index (χ3n) is 5.57. The van der Waals surface area contributed by atoms with Crippen LogP contribution < -0.4 is 26.2 Å². The molecular formula is C25H23F3N8O5. The highest BCUT2D eigenvalue weighted by Crippen LogP contribution is 2.32. The number of nitrogens with two attached hydrogens (primary N) is 1. The average Bonchev–Trinajstić information content (AvgIpc) is 3.32. The van der Waals surface area contributed by atoms with Crippen molar-refractivity contribution in [2.75, 3.05) is 19.5 Å². The normalized spacial score (nSPS) is 12.0. The number of nitrogens with zero attached hydrogens (tertiary/aromatic N) is 4. The maximum atomic E-state index is 12.9. The van der Waals surface area contributed by atoms with E-state index in [1.165, 1.54) is 38.6 Å². The van der Waals surface area contributed by atoms with Crippen molar-refractivity contribution in [3.8, 4) is 17.3 Å². The number of ether oxygens (including phenoxy) is 3. The van der Waals surface area contributed by atoms with E-state index < -0.39 is 35.5 Å². The number of amidine groups is 1. The molecule has 41 heavy (non-hydrogen) atoms. The molecule has 0 unspecified atom stereocenters. The molecule has 16 heteroatoms. The van der Waals surface area contributed by atoms with E-state index >= 15 is 0 Å². The van der Waals surface area contributed by atoms with Crippen LogP contribution >= 0.6 is 0 Å². The number of halogens is 3. The minimum Gasteiger partial charge on any atom is -0.497 e. The summed E-state index contributed by atoms with van der Waals surface area (Å²) < 4.78 is 54.9. The Balaban J connectivity index is 1.83.